The van der Waals surface area contributed by atoms with E-state index < -0.39 is 0 Å². The van der Waals surface area contributed by atoms with Crippen molar-refractivity contribution in [2.24, 2.45) is 0 Å². The number of fused-ring (bicyclic) bond motifs is 1. The van der Waals surface area contributed by atoms with Crippen LogP contribution in [0.3, 0.4) is 0 Å². The van der Waals surface area contributed by atoms with Crippen LogP contribution in [0, 0.1) is 13.8 Å². The lowest BCUT2D eigenvalue weighted by Gasteiger charge is -2.09. The van der Waals surface area contributed by atoms with E-state index in [-0.39, 0.29) is 11.5 Å². The molecule has 28 heavy (non-hydrogen) atoms. The number of amides is 1. The molecule has 0 spiro atoms. The molecule has 0 aliphatic carbocycles. The number of hydrogen-bond acceptors (Lipinski definition) is 3. The second-order valence-corrected chi connectivity index (χ2v) is 7.12. The van der Waals surface area contributed by atoms with Crippen molar-refractivity contribution in [1.29, 1.82) is 0 Å². The number of carbonyl (C=O) groups is 1. The van der Waals surface area contributed by atoms with E-state index in [0.29, 0.717) is 18.4 Å². The summed E-state index contributed by atoms with van der Waals surface area (Å²) in [7, 11) is 0. The van der Waals surface area contributed by atoms with E-state index in [0.717, 1.165) is 48.3 Å². The standard InChI is InChI=1S/C22H28N4O2/c1-4-5-13-23-20(27)12-9-14-25-16(2)19-15-24-26(18-10-7-6-8-11-18)22(28)21(19)17(25)3/h6-8,10-11,15H,4-5,9,12-14H2,1-3H3,(H,23,27). The molecule has 1 aromatic carbocycles. The molecule has 6 nitrogen and oxygen atoms in total. The van der Waals surface area contributed by atoms with Crippen molar-refractivity contribution in [1.82, 2.24) is 19.7 Å². The molecule has 148 valence electrons. The molecule has 0 aliphatic rings. The van der Waals surface area contributed by atoms with Crippen molar-refractivity contribution >= 4 is 16.7 Å². The van der Waals surface area contributed by atoms with E-state index in [1.165, 1.54) is 4.68 Å². The number of unbranched alkanes of at least 4 members (excludes halogenated alkanes) is 1. The number of benzene rings is 1. The van der Waals surface area contributed by atoms with Gasteiger partial charge in [-0.2, -0.15) is 9.78 Å². The number of nitrogens with zero attached hydrogens (tertiary/aromatic N) is 3. The SMILES string of the molecule is CCCCNC(=O)CCCn1c(C)c2cnn(-c3ccccc3)c(=O)c2c1C. The first-order valence-corrected chi connectivity index (χ1v) is 9.94. The first kappa shape index (κ1) is 19.9. The summed E-state index contributed by atoms with van der Waals surface area (Å²) in [5.74, 6) is 0.0913. The van der Waals surface area contributed by atoms with Gasteiger partial charge in [0.1, 0.15) is 0 Å². The average molecular weight is 380 g/mol. The van der Waals surface area contributed by atoms with Crippen LogP contribution >= 0.6 is 0 Å². The Morgan fingerprint density at radius 3 is 2.57 bits per heavy atom. The molecule has 3 rings (SSSR count). The number of hydrogen-bond donors (Lipinski definition) is 1. The first-order valence-electron chi connectivity index (χ1n) is 9.94. The van der Waals surface area contributed by atoms with Crippen molar-refractivity contribution in [2.45, 2.75) is 53.0 Å². The number of rotatable bonds is 8. The summed E-state index contributed by atoms with van der Waals surface area (Å²) >= 11 is 0. The minimum Gasteiger partial charge on any atom is -0.356 e. The Kier molecular flexibility index (Phi) is 6.29. The molecule has 0 fully saturated rings. The zero-order valence-electron chi connectivity index (χ0n) is 16.9. The predicted octanol–water partition coefficient (Wildman–Crippen LogP) is 3.50. The van der Waals surface area contributed by atoms with E-state index in [4.69, 9.17) is 0 Å². The molecule has 0 saturated heterocycles. The topological polar surface area (TPSA) is 68.9 Å². The van der Waals surface area contributed by atoms with Crippen LogP contribution in [-0.2, 0) is 11.3 Å². The molecule has 1 N–H and O–H groups in total. The van der Waals surface area contributed by atoms with E-state index >= 15 is 0 Å². The summed E-state index contributed by atoms with van der Waals surface area (Å²) in [6.07, 6.45) is 5.07. The molecule has 0 unspecified atom stereocenters. The zero-order valence-corrected chi connectivity index (χ0v) is 16.9. The lowest BCUT2D eigenvalue weighted by molar-refractivity contribution is -0.121. The highest BCUT2D eigenvalue weighted by Crippen LogP contribution is 2.23. The van der Waals surface area contributed by atoms with E-state index in [1.807, 2.05) is 44.2 Å². The van der Waals surface area contributed by atoms with E-state index in [1.54, 1.807) is 6.20 Å². The highest BCUT2D eigenvalue weighted by molar-refractivity contribution is 5.87. The van der Waals surface area contributed by atoms with Crippen LogP contribution in [0.5, 0.6) is 0 Å². The molecule has 0 atom stereocenters. The van der Waals surface area contributed by atoms with Crippen molar-refractivity contribution < 1.29 is 4.79 Å². The van der Waals surface area contributed by atoms with Crippen LogP contribution in [0.1, 0.15) is 44.0 Å². The third-order valence-electron chi connectivity index (χ3n) is 5.18. The Balaban J connectivity index is 1.82. The molecular formula is C22H28N4O2. The molecule has 0 saturated carbocycles. The van der Waals surface area contributed by atoms with Gasteiger partial charge in [0.05, 0.1) is 17.3 Å². The number of carbonyl (C=O) groups excluding carboxylic acids is 1. The van der Waals surface area contributed by atoms with Crippen molar-refractivity contribution in [2.75, 3.05) is 6.54 Å². The van der Waals surface area contributed by atoms with Crippen LogP contribution in [0.15, 0.2) is 41.3 Å². The Bertz CT molecular complexity index is 1020. The third-order valence-corrected chi connectivity index (χ3v) is 5.18. The molecule has 0 radical (unpaired) electrons. The lowest BCUT2D eigenvalue weighted by Crippen LogP contribution is -2.24. The number of para-hydroxylation sites is 1. The van der Waals surface area contributed by atoms with Gasteiger partial charge in [-0.05, 0) is 38.8 Å². The lowest BCUT2D eigenvalue weighted by atomic mass is 10.2. The van der Waals surface area contributed by atoms with Crippen LogP contribution in [0.25, 0.3) is 16.5 Å². The number of aryl methyl sites for hydroxylation is 2. The maximum absolute atomic E-state index is 13.1. The Morgan fingerprint density at radius 1 is 1.11 bits per heavy atom. The summed E-state index contributed by atoms with van der Waals surface area (Å²) < 4.78 is 3.57. The van der Waals surface area contributed by atoms with Crippen LogP contribution in [0.4, 0.5) is 0 Å². The highest BCUT2D eigenvalue weighted by Gasteiger charge is 2.16. The average Bonchev–Trinajstić information content (AvgIpc) is 2.94. The quantitative estimate of drug-likeness (QED) is 0.608. The Labute approximate surface area is 165 Å². The van der Waals surface area contributed by atoms with Gasteiger partial charge in [-0.1, -0.05) is 31.5 Å². The summed E-state index contributed by atoms with van der Waals surface area (Å²) in [6, 6.07) is 9.44. The molecule has 0 aliphatic heterocycles. The van der Waals surface area contributed by atoms with Crippen molar-refractivity contribution in [3.8, 4) is 5.69 Å². The van der Waals surface area contributed by atoms with Gasteiger partial charge < -0.3 is 9.88 Å². The third kappa shape index (κ3) is 4.01. The largest absolute Gasteiger partial charge is 0.356 e. The maximum Gasteiger partial charge on any atom is 0.281 e. The molecule has 2 aromatic heterocycles. The fourth-order valence-electron chi connectivity index (χ4n) is 3.59. The predicted molar refractivity (Wildman–Crippen MR) is 112 cm³/mol. The fourth-order valence-corrected chi connectivity index (χ4v) is 3.59. The molecule has 1 amide bonds. The Hall–Kier alpha value is -2.89. The van der Waals surface area contributed by atoms with Gasteiger partial charge in [0.25, 0.3) is 5.56 Å². The fraction of sp³-hybridized carbons (Fsp3) is 0.409. The molecule has 2 heterocycles. The summed E-state index contributed by atoms with van der Waals surface area (Å²) in [5.41, 5.74) is 2.59. The van der Waals surface area contributed by atoms with Gasteiger partial charge in [-0.25, -0.2) is 0 Å². The van der Waals surface area contributed by atoms with Gasteiger partial charge in [-0.3, -0.25) is 9.59 Å². The smallest absolute Gasteiger partial charge is 0.281 e. The monoisotopic (exact) mass is 380 g/mol. The minimum atomic E-state index is -0.111. The van der Waals surface area contributed by atoms with Crippen LogP contribution < -0.4 is 10.9 Å². The summed E-state index contributed by atoms with van der Waals surface area (Å²) in [4.78, 5) is 25.0. The van der Waals surface area contributed by atoms with Gasteiger partial charge in [-0.15, -0.1) is 0 Å². The zero-order chi connectivity index (χ0) is 20.1. The number of nitrogens with one attached hydrogen (secondary N) is 1. The second kappa shape index (κ2) is 8.87. The van der Waals surface area contributed by atoms with Gasteiger partial charge >= 0.3 is 0 Å². The molecule has 6 heteroatoms. The van der Waals surface area contributed by atoms with Crippen LogP contribution in [-0.4, -0.2) is 26.8 Å². The van der Waals surface area contributed by atoms with E-state index in [9.17, 15) is 9.59 Å². The van der Waals surface area contributed by atoms with Crippen molar-refractivity contribution in [3.63, 3.8) is 0 Å². The molecule has 3 aromatic rings. The Morgan fingerprint density at radius 2 is 1.86 bits per heavy atom. The molecule has 0 bridgehead atoms. The van der Waals surface area contributed by atoms with Gasteiger partial charge in [0.15, 0.2) is 0 Å². The van der Waals surface area contributed by atoms with Crippen LogP contribution in [0.2, 0.25) is 0 Å². The summed E-state index contributed by atoms with van der Waals surface area (Å²) in [5, 5.41) is 8.89. The van der Waals surface area contributed by atoms with Crippen molar-refractivity contribution in [3.05, 3.63) is 58.3 Å². The second-order valence-electron chi connectivity index (χ2n) is 7.12. The van der Waals surface area contributed by atoms with E-state index in [2.05, 4.69) is 21.9 Å². The minimum absolute atomic E-state index is 0.0913. The first-order chi connectivity index (χ1) is 13.5. The van der Waals surface area contributed by atoms with Gasteiger partial charge in [0, 0.05) is 36.3 Å². The summed E-state index contributed by atoms with van der Waals surface area (Å²) in [6.45, 7) is 7.52. The maximum atomic E-state index is 13.1. The van der Waals surface area contributed by atoms with Gasteiger partial charge in [0.2, 0.25) is 5.91 Å². The number of aromatic nitrogens is 3. The highest BCUT2D eigenvalue weighted by atomic mass is 16.1. The molecular weight excluding hydrogens is 352 g/mol. The normalized spacial score (nSPS) is 11.1.